The summed E-state index contributed by atoms with van der Waals surface area (Å²) in [6, 6.07) is 11.8. The van der Waals surface area contributed by atoms with Gasteiger partial charge in [0.15, 0.2) is 0 Å². The van der Waals surface area contributed by atoms with Crippen molar-refractivity contribution in [3.05, 3.63) is 54.1 Å². The number of benzene rings is 2. The Balaban J connectivity index is 2.74. The number of carboxylic acid groups (broad SMARTS) is 1. The SMILES string of the molecule is O=C(O)c1ccc(S(=O)(=O)O)c(-c2ccccc2)c1. The van der Waals surface area contributed by atoms with Gasteiger partial charge in [-0.15, -0.1) is 0 Å². The highest BCUT2D eigenvalue weighted by Gasteiger charge is 2.18. The van der Waals surface area contributed by atoms with Gasteiger partial charge in [0.25, 0.3) is 10.1 Å². The molecular formula is C13H10O5S. The first-order valence-corrected chi connectivity index (χ1v) is 6.74. The molecule has 0 amide bonds. The number of hydrogen-bond donors (Lipinski definition) is 2. The minimum atomic E-state index is -4.42. The van der Waals surface area contributed by atoms with Crippen molar-refractivity contribution in [3.63, 3.8) is 0 Å². The van der Waals surface area contributed by atoms with Crippen LogP contribution in [0.15, 0.2) is 53.4 Å². The third kappa shape index (κ3) is 2.81. The molecule has 0 spiro atoms. The van der Waals surface area contributed by atoms with Crippen LogP contribution in [0.3, 0.4) is 0 Å². The van der Waals surface area contributed by atoms with E-state index in [0.717, 1.165) is 12.1 Å². The molecule has 6 heteroatoms. The van der Waals surface area contributed by atoms with Crippen molar-refractivity contribution in [1.29, 1.82) is 0 Å². The molecule has 0 atom stereocenters. The van der Waals surface area contributed by atoms with Crippen LogP contribution >= 0.6 is 0 Å². The molecule has 2 aromatic carbocycles. The fraction of sp³-hybridized carbons (Fsp3) is 0. The minimum Gasteiger partial charge on any atom is -0.478 e. The van der Waals surface area contributed by atoms with E-state index in [1.165, 1.54) is 6.07 Å². The summed E-state index contributed by atoms with van der Waals surface area (Å²) in [6.45, 7) is 0. The summed E-state index contributed by atoms with van der Waals surface area (Å²) >= 11 is 0. The Bertz CT molecular complexity index is 720. The molecule has 0 bridgehead atoms. The Morgan fingerprint density at radius 3 is 2.16 bits per heavy atom. The Kier molecular flexibility index (Phi) is 3.37. The van der Waals surface area contributed by atoms with E-state index in [9.17, 15) is 17.8 Å². The fourth-order valence-electron chi connectivity index (χ4n) is 1.73. The van der Waals surface area contributed by atoms with E-state index in [-0.39, 0.29) is 16.0 Å². The standard InChI is InChI=1S/C13H10O5S/c14-13(15)10-6-7-12(19(16,17)18)11(8-10)9-4-2-1-3-5-9/h1-8H,(H,14,15)(H,16,17,18). The average Bonchev–Trinajstić information content (AvgIpc) is 2.38. The lowest BCUT2D eigenvalue weighted by molar-refractivity contribution is 0.0697. The largest absolute Gasteiger partial charge is 0.478 e. The summed E-state index contributed by atoms with van der Waals surface area (Å²) in [6.07, 6.45) is 0. The zero-order chi connectivity index (χ0) is 14.0. The lowest BCUT2D eigenvalue weighted by atomic mass is 10.0. The van der Waals surface area contributed by atoms with Crippen LogP contribution in [-0.2, 0) is 10.1 Å². The van der Waals surface area contributed by atoms with Crippen molar-refractivity contribution < 1.29 is 22.9 Å². The van der Waals surface area contributed by atoms with Crippen LogP contribution in [0.2, 0.25) is 0 Å². The molecule has 0 aliphatic heterocycles. The highest BCUT2D eigenvalue weighted by molar-refractivity contribution is 7.86. The topological polar surface area (TPSA) is 91.7 Å². The van der Waals surface area contributed by atoms with Gasteiger partial charge in [-0.25, -0.2) is 4.79 Å². The van der Waals surface area contributed by atoms with Crippen molar-refractivity contribution in [2.75, 3.05) is 0 Å². The summed E-state index contributed by atoms with van der Waals surface area (Å²) in [5.74, 6) is -1.17. The average molecular weight is 278 g/mol. The second kappa shape index (κ2) is 4.83. The van der Waals surface area contributed by atoms with Crippen molar-refractivity contribution in [2.24, 2.45) is 0 Å². The maximum absolute atomic E-state index is 11.3. The maximum atomic E-state index is 11.3. The predicted octanol–water partition coefficient (Wildman–Crippen LogP) is 2.30. The van der Waals surface area contributed by atoms with Crippen molar-refractivity contribution in [1.82, 2.24) is 0 Å². The molecule has 0 heterocycles. The minimum absolute atomic E-state index is 0.0498. The second-order valence-electron chi connectivity index (χ2n) is 3.86. The molecule has 0 radical (unpaired) electrons. The number of hydrogen-bond acceptors (Lipinski definition) is 3. The summed E-state index contributed by atoms with van der Waals surface area (Å²) < 4.78 is 31.8. The molecule has 2 N–H and O–H groups in total. The van der Waals surface area contributed by atoms with Crippen LogP contribution < -0.4 is 0 Å². The van der Waals surface area contributed by atoms with Crippen LogP contribution in [0.1, 0.15) is 10.4 Å². The molecule has 0 aliphatic rings. The van der Waals surface area contributed by atoms with E-state index in [1.807, 2.05) is 0 Å². The summed E-state index contributed by atoms with van der Waals surface area (Å²) in [5, 5.41) is 8.94. The van der Waals surface area contributed by atoms with Gasteiger partial charge in [-0.1, -0.05) is 30.3 Å². The molecule has 19 heavy (non-hydrogen) atoms. The first-order valence-electron chi connectivity index (χ1n) is 5.30. The molecule has 0 aliphatic carbocycles. The molecule has 2 rings (SSSR count). The Labute approximate surface area is 109 Å². The van der Waals surface area contributed by atoms with E-state index >= 15 is 0 Å². The molecular weight excluding hydrogens is 268 g/mol. The Morgan fingerprint density at radius 1 is 1.00 bits per heavy atom. The van der Waals surface area contributed by atoms with Crippen LogP contribution in [0.4, 0.5) is 0 Å². The lowest BCUT2D eigenvalue weighted by Gasteiger charge is -2.08. The van der Waals surface area contributed by atoms with Crippen molar-refractivity contribution in [3.8, 4) is 11.1 Å². The number of carbonyl (C=O) groups is 1. The molecule has 0 fully saturated rings. The number of aromatic carboxylic acids is 1. The zero-order valence-corrected chi connectivity index (χ0v) is 10.5. The van der Waals surface area contributed by atoms with Gasteiger partial charge in [0.05, 0.1) is 5.56 Å². The van der Waals surface area contributed by atoms with Crippen LogP contribution in [0, 0.1) is 0 Å². The van der Waals surface area contributed by atoms with Gasteiger partial charge in [0, 0.05) is 5.56 Å². The van der Waals surface area contributed by atoms with Gasteiger partial charge >= 0.3 is 5.97 Å². The van der Waals surface area contributed by atoms with E-state index in [4.69, 9.17) is 5.11 Å². The summed E-state index contributed by atoms with van der Waals surface area (Å²) in [4.78, 5) is 10.6. The highest BCUT2D eigenvalue weighted by atomic mass is 32.2. The first kappa shape index (κ1) is 13.3. The number of carboxylic acids is 1. The van der Waals surface area contributed by atoms with Gasteiger partial charge in [-0.3, -0.25) is 4.55 Å². The lowest BCUT2D eigenvalue weighted by Crippen LogP contribution is -2.04. The Hall–Kier alpha value is -2.18. The van der Waals surface area contributed by atoms with Gasteiger partial charge in [-0.2, -0.15) is 8.42 Å². The van der Waals surface area contributed by atoms with Gasteiger partial charge in [0.2, 0.25) is 0 Å². The molecule has 0 saturated carbocycles. The van der Waals surface area contributed by atoms with Crippen molar-refractivity contribution in [2.45, 2.75) is 4.90 Å². The maximum Gasteiger partial charge on any atom is 0.335 e. The van der Waals surface area contributed by atoms with E-state index in [2.05, 4.69) is 0 Å². The van der Waals surface area contributed by atoms with Crippen molar-refractivity contribution >= 4 is 16.1 Å². The monoisotopic (exact) mass is 278 g/mol. The van der Waals surface area contributed by atoms with Crippen LogP contribution in [0.25, 0.3) is 11.1 Å². The van der Waals surface area contributed by atoms with E-state index in [0.29, 0.717) is 5.56 Å². The van der Waals surface area contributed by atoms with Gasteiger partial charge in [-0.05, 0) is 23.8 Å². The second-order valence-corrected chi connectivity index (χ2v) is 5.25. The first-order chi connectivity index (χ1) is 8.89. The zero-order valence-electron chi connectivity index (χ0n) is 9.65. The smallest absolute Gasteiger partial charge is 0.335 e. The highest BCUT2D eigenvalue weighted by Crippen LogP contribution is 2.28. The summed E-state index contributed by atoms with van der Waals surface area (Å²) in [7, 11) is -4.42. The number of rotatable bonds is 3. The molecule has 5 nitrogen and oxygen atoms in total. The predicted molar refractivity (Wildman–Crippen MR) is 68.7 cm³/mol. The Morgan fingerprint density at radius 2 is 1.63 bits per heavy atom. The fourth-order valence-corrected chi connectivity index (χ4v) is 2.43. The van der Waals surface area contributed by atoms with Gasteiger partial charge in [0.1, 0.15) is 4.90 Å². The molecule has 98 valence electrons. The van der Waals surface area contributed by atoms with E-state index < -0.39 is 16.1 Å². The van der Waals surface area contributed by atoms with Crippen LogP contribution in [0.5, 0.6) is 0 Å². The van der Waals surface area contributed by atoms with Gasteiger partial charge < -0.3 is 5.11 Å². The molecule has 0 aromatic heterocycles. The third-order valence-corrected chi connectivity index (χ3v) is 3.50. The quantitative estimate of drug-likeness (QED) is 0.840. The third-order valence-electron chi connectivity index (χ3n) is 2.59. The summed E-state index contributed by atoms with van der Waals surface area (Å²) in [5.41, 5.74) is 0.618. The van der Waals surface area contributed by atoms with E-state index in [1.54, 1.807) is 30.3 Å². The molecule has 0 saturated heterocycles. The van der Waals surface area contributed by atoms with Crippen LogP contribution in [-0.4, -0.2) is 24.0 Å². The molecule has 2 aromatic rings. The normalized spacial score (nSPS) is 11.2. The molecule has 0 unspecified atom stereocenters.